The fourth-order valence-corrected chi connectivity index (χ4v) is 1.32. The van der Waals surface area contributed by atoms with Gasteiger partial charge in [0.1, 0.15) is 18.1 Å². The number of ether oxygens (including phenoxy) is 1. The van der Waals surface area contributed by atoms with Gasteiger partial charge in [0.15, 0.2) is 0 Å². The second-order valence-electron chi connectivity index (χ2n) is 3.48. The minimum Gasteiger partial charge on any atom is -0.466 e. The lowest BCUT2D eigenvalue weighted by atomic mass is 10.2. The van der Waals surface area contributed by atoms with Crippen LogP contribution in [0.15, 0.2) is 22.6 Å². The molecule has 0 atom stereocenters. The summed E-state index contributed by atoms with van der Waals surface area (Å²) >= 11 is 0. The predicted octanol–water partition coefficient (Wildman–Crippen LogP) is 0.539. The largest absolute Gasteiger partial charge is 0.466 e. The molecule has 2 N–H and O–H groups in total. The normalized spacial score (nSPS) is 10.6. The van der Waals surface area contributed by atoms with Crippen molar-refractivity contribution in [3.05, 3.63) is 35.3 Å². The van der Waals surface area contributed by atoms with E-state index in [4.69, 9.17) is 9.52 Å². The number of hydrogen-bond acceptors (Lipinski definition) is 5. The number of furan rings is 1. The Labute approximate surface area is 104 Å². The van der Waals surface area contributed by atoms with Gasteiger partial charge in [0.05, 0.1) is 12.7 Å². The third-order valence-corrected chi connectivity index (χ3v) is 2.20. The average Bonchev–Trinajstić information content (AvgIpc) is 2.75. The van der Waals surface area contributed by atoms with E-state index in [1.165, 1.54) is 25.3 Å². The summed E-state index contributed by atoms with van der Waals surface area (Å²) < 4.78 is 9.54. The van der Waals surface area contributed by atoms with Gasteiger partial charge in [0.25, 0.3) is 5.91 Å². The standard InChI is InChI=1S/C12H15NO5/c1-8-10(6-9(7-14)18-8)12(16)13-5-3-4-11(15)17-2/h3-4,6,14H,5,7H2,1-2H3,(H,13,16)/b4-3+. The highest BCUT2D eigenvalue weighted by molar-refractivity contribution is 5.95. The molecule has 0 aliphatic heterocycles. The number of methoxy groups -OCH3 is 1. The summed E-state index contributed by atoms with van der Waals surface area (Å²) in [5.41, 5.74) is 0.366. The van der Waals surface area contributed by atoms with E-state index in [0.717, 1.165) is 0 Å². The summed E-state index contributed by atoms with van der Waals surface area (Å²) in [6, 6.07) is 1.48. The first-order valence-electron chi connectivity index (χ1n) is 5.31. The highest BCUT2D eigenvalue weighted by Gasteiger charge is 2.13. The Morgan fingerprint density at radius 1 is 1.56 bits per heavy atom. The van der Waals surface area contributed by atoms with Gasteiger partial charge in [-0.25, -0.2) is 4.79 Å². The first-order valence-corrected chi connectivity index (χ1v) is 5.31. The van der Waals surface area contributed by atoms with Crippen LogP contribution in [0.25, 0.3) is 0 Å². The molecule has 0 radical (unpaired) electrons. The predicted molar refractivity (Wildman–Crippen MR) is 62.9 cm³/mol. The van der Waals surface area contributed by atoms with Crippen LogP contribution in [0.3, 0.4) is 0 Å². The van der Waals surface area contributed by atoms with Crippen molar-refractivity contribution in [1.82, 2.24) is 5.32 Å². The number of aryl methyl sites for hydroxylation is 1. The van der Waals surface area contributed by atoms with Crippen LogP contribution in [0.5, 0.6) is 0 Å². The van der Waals surface area contributed by atoms with E-state index >= 15 is 0 Å². The van der Waals surface area contributed by atoms with Gasteiger partial charge in [0.2, 0.25) is 0 Å². The van der Waals surface area contributed by atoms with Gasteiger partial charge in [-0.2, -0.15) is 0 Å². The van der Waals surface area contributed by atoms with Crippen molar-refractivity contribution in [2.45, 2.75) is 13.5 Å². The third-order valence-electron chi connectivity index (χ3n) is 2.20. The fourth-order valence-electron chi connectivity index (χ4n) is 1.32. The second kappa shape index (κ2) is 6.61. The Balaban J connectivity index is 2.52. The van der Waals surface area contributed by atoms with Crippen LogP contribution >= 0.6 is 0 Å². The van der Waals surface area contributed by atoms with Gasteiger partial charge in [-0.1, -0.05) is 6.08 Å². The molecule has 6 heteroatoms. The molecule has 18 heavy (non-hydrogen) atoms. The van der Waals surface area contributed by atoms with E-state index in [1.54, 1.807) is 6.92 Å². The zero-order valence-electron chi connectivity index (χ0n) is 10.2. The summed E-state index contributed by atoms with van der Waals surface area (Å²) in [6.07, 6.45) is 2.70. The van der Waals surface area contributed by atoms with Crippen LogP contribution in [0.2, 0.25) is 0 Å². The van der Waals surface area contributed by atoms with Crippen molar-refractivity contribution in [2.75, 3.05) is 13.7 Å². The highest BCUT2D eigenvalue weighted by Crippen LogP contribution is 2.14. The number of aliphatic hydroxyl groups excluding tert-OH is 1. The van der Waals surface area contributed by atoms with E-state index in [-0.39, 0.29) is 19.1 Å². The Hall–Kier alpha value is -2.08. The molecule has 1 rings (SSSR count). The first-order chi connectivity index (χ1) is 8.58. The smallest absolute Gasteiger partial charge is 0.330 e. The Kier molecular flexibility index (Phi) is 5.13. The van der Waals surface area contributed by atoms with Crippen LogP contribution in [0.1, 0.15) is 21.9 Å². The van der Waals surface area contributed by atoms with E-state index in [0.29, 0.717) is 17.1 Å². The van der Waals surface area contributed by atoms with E-state index in [2.05, 4.69) is 10.1 Å². The van der Waals surface area contributed by atoms with Gasteiger partial charge in [-0.15, -0.1) is 0 Å². The lowest BCUT2D eigenvalue weighted by molar-refractivity contribution is -0.134. The summed E-state index contributed by atoms with van der Waals surface area (Å²) in [5, 5.41) is 11.5. The topological polar surface area (TPSA) is 88.8 Å². The van der Waals surface area contributed by atoms with Gasteiger partial charge >= 0.3 is 5.97 Å². The monoisotopic (exact) mass is 253 g/mol. The SMILES string of the molecule is COC(=O)/C=C/CNC(=O)c1cc(CO)oc1C. The molecule has 0 aromatic carbocycles. The maximum Gasteiger partial charge on any atom is 0.330 e. The Bertz CT molecular complexity index is 461. The minimum absolute atomic E-state index is 0.201. The molecule has 0 saturated heterocycles. The molecule has 1 heterocycles. The summed E-state index contributed by atoms with van der Waals surface area (Å²) in [4.78, 5) is 22.5. The number of carbonyl (C=O) groups is 2. The van der Waals surface area contributed by atoms with E-state index in [9.17, 15) is 9.59 Å². The van der Waals surface area contributed by atoms with Crippen LogP contribution in [-0.2, 0) is 16.1 Å². The molecule has 0 aliphatic carbocycles. The second-order valence-corrected chi connectivity index (χ2v) is 3.48. The molecule has 0 spiro atoms. The maximum atomic E-state index is 11.7. The van der Waals surface area contributed by atoms with Crippen molar-refractivity contribution in [3.63, 3.8) is 0 Å². The lowest BCUT2D eigenvalue weighted by Crippen LogP contribution is -2.23. The molecule has 1 amide bonds. The molecule has 0 fully saturated rings. The summed E-state index contributed by atoms with van der Waals surface area (Å²) in [5.74, 6) is -0.0342. The molecule has 0 unspecified atom stereocenters. The summed E-state index contributed by atoms with van der Waals surface area (Å²) in [6.45, 7) is 1.59. The van der Waals surface area contributed by atoms with Crippen LogP contribution in [0, 0.1) is 6.92 Å². The van der Waals surface area contributed by atoms with Gasteiger partial charge in [0, 0.05) is 12.6 Å². The molecule has 1 aromatic heterocycles. The van der Waals surface area contributed by atoms with Gasteiger partial charge in [-0.05, 0) is 13.0 Å². The average molecular weight is 253 g/mol. The van der Waals surface area contributed by atoms with Gasteiger partial charge in [-0.3, -0.25) is 4.79 Å². The van der Waals surface area contributed by atoms with Crippen LogP contribution in [0.4, 0.5) is 0 Å². The number of carbonyl (C=O) groups excluding carboxylic acids is 2. The number of nitrogens with one attached hydrogen (secondary N) is 1. The zero-order valence-corrected chi connectivity index (χ0v) is 10.2. The third kappa shape index (κ3) is 3.74. The molecular formula is C12H15NO5. The minimum atomic E-state index is -0.480. The number of amides is 1. The van der Waals surface area contributed by atoms with Crippen LogP contribution in [-0.4, -0.2) is 30.6 Å². The molecule has 0 aliphatic rings. The highest BCUT2D eigenvalue weighted by atomic mass is 16.5. The zero-order chi connectivity index (χ0) is 13.5. The number of rotatable bonds is 5. The molecule has 0 bridgehead atoms. The van der Waals surface area contributed by atoms with Crippen LogP contribution < -0.4 is 5.32 Å². The fraction of sp³-hybridized carbons (Fsp3) is 0.333. The number of hydrogen-bond donors (Lipinski definition) is 2. The van der Waals surface area contributed by atoms with E-state index in [1.807, 2.05) is 0 Å². The number of aliphatic hydroxyl groups is 1. The maximum absolute atomic E-state index is 11.7. The number of esters is 1. The molecule has 6 nitrogen and oxygen atoms in total. The molecule has 1 aromatic rings. The first kappa shape index (κ1) is 14.0. The van der Waals surface area contributed by atoms with Gasteiger partial charge < -0.3 is 19.6 Å². The van der Waals surface area contributed by atoms with Crippen molar-refractivity contribution < 1.29 is 23.8 Å². The lowest BCUT2D eigenvalue weighted by Gasteiger charge is -1.99. The van der Waals surface area contributed by atoms with Crippen molar-refractivity contribution in [2.24, 2.45) is 0 Å². The Morgan fingerprint density at radius 2 is 2.28 bits per heavy atom. The molecule has 0 saturated carbocycles. The van der Waals surface area contributed by atoms with Crippen molar-refractivity contribution in [3.8, 4) is 0 Å². The van der Waals surface area contributed by atoms with E-state index < -0.39 is 5.97 Å². The van der Waals surface area contributed by atoms with Crippen molar-refractivity contribution in [1.29, 1.82) is 0 Å². The molecule has 98 valence electrons. The molecular weight excluding hydrogens is 238 g/mol. The summed E-state index contributed by atoms with van der Waals surface area (Å²) in [7, 11) is 1.27. The van der Waals surface area contributed by atoms with Crippen molar-refractivity contribution >= 4 is 11.9 Å². The Morgan fingerprint density at radius 3 is 2.83 bits per heavy atom. The quantitative estimate of drug-likeness (QED) is 0.590.